The van der Waals surface area contributed by atoms with Crippen LogP contribution in [0.3, 0.4) is 0 Å². The fraction of sp³-hybridized carbons (Fsp3) is 0.400. The zero-order chi connectivity index (χ0) is 8.81. The Balaban J connectivity index is 2.51. The Hall–Kier alpha value is -0.470. The molecule has 1 rings (SSSR count). The summed E-state index contributed by atoms with van der Waals surface area (Å²) in [5.74, 6) is 0. The van der Waals surface area contributed by atoms with Gasteiger partial charge in [-0.15, -0.1) is 11.8 Å². The van der Waals surface area contributed by atoms with Crippen molar-refractivity contribution in [2.45, 2.75) is 23.5 Å². The van der Waals surface area contributed by atoms with Crippen molar-refractivity contribution in [3.63, 3.8) is 0 Å². The second-order valence-corrected chi connectivity index (χ2v) is 4.07. The summed E-state index contributed by atoms with van der Waals surface area (Å²) in [4.78, 5) is 1.31. The Labute approximate surface area is 78.4 Å². The van der Waals surface area contributed by atoms with Crippen LogP contribution in [0.15, 0.2) is 35.2 Å². The topological polar surface area (TPSA) is 26.0 Å². The first kappa shape index (κ1) is 9.62. The van der Waals surface area contributed by atoms with E-state index in [1.807, 2.05) is 17.8 Å². The van der Waals surface area contributed by atoms with E-state index in [1.54, 1.807) is 0 Å². The average molecular weight is 181 g/mol. The molecule has 0 aliphatic heterocycles. The molecule has 0 spiro atoms. The lowest BCUT2D eigenvalue weighted by molar-refractivity contribution is 0.827. The van der Waals surface area contributed by atoms with Gasteiger partial charge in [0.05, 0.1) is 0 Å². The van der Waals surface area contributed by atoms with E-state index in [-0.39, 0.29) is 0 Å². The first-order valence-corrected chi connectivity index (χ1v) is 5.16. The zero-order valence-corrected chi connectivity index (χ0v) is 8.18. The smallest absolute Gasteiger partial charge is 0.0214 e. The molecule has 0 heterocycles. The van der Waals surface area contributed by atoms with Crippen LogP contribution in [0, 0.1) is 0 Å². The molecule has 0 saturated heterocycles. The van der Waals surface area contributed by atoms with E-state index in [1.165, 1.54) is 4.90 Å². The predicted molar refractivity (Wildman–Crippen MR) is 55.4 cm³/mol. The summed E-state index contributed by atoms with van der Waals surface area (Å²) in [5.41, 5.74) is 5.61. The predicted octanol–water partition coefficient (Wildman–Crippen LogP) is 2.52. The van der Waals surface area contributed by atoms with Gasteiger partial charge in [0.25, 0.3) is 0 Å². The van der Waals surface area contributed by atoms with Crippen molar-refractivity contribution in [3.8, 4) is 0 Å². The summed E-state index contributed by atoms with van der Waals surface area (Å²) in [5, 5.41) is 0.562. The van der Waals surface area contributed by atoms with Crippen LogP contribution in [-0.4, -0.2) is 11.8 Å². The van der Waals surface area contributed by atoms with Gasteiger partial charge in [-0.25, -0.2) is 0 Å². The minimum atomic E-state index is 0.562. The van der Waals surface area contributed by atoms with Crippen LogP contribution in [0.2, 0.25) is 0 Å². The number of hydrogen-bond acceptors (Lipinski definition) is 2. The Morgan fingerprint density at radius 1 is 1.33 bits per heavy atom. The van der Waals surface area contributed by atoms with E-state index < -0.39 is 0 Å². The maximum atomic E-state index is 5.61. The van der Waals surface area contributed by atoms with Crippen molar-refractivity contribution in [1.82, 2.24) is 0 Å². The van der Waals surface area contributed by atoms with Crippen molar-refractivity contribution in [1.29, 1.82) is 0 Å². The first-order chi connectivity index (χ1) is 5.86. The van der Waals surface area contributed by atoms with E-state index in [9.17, 15) is 0 Å². The minimum Gasteiger partial charge on any atom is -0.329 e. The molecule has 0 radical (unpaired) electrons. The van der Waals surface area contributed by atoms with Crippen molar-refractivity contribution < 1.29 is 0 Å². The Morgan fingerprint density at radius 2 is 2.00 bits per heavy atom. The molecule has 0 aliphatic rings. The normalized spacial score (nSPS) is 12.8. The number of thioether (sulfide) groups is 1. The van der Waals surface area contributed by atoms with Gasteiger partial charge in [-0.2, -0.15) is 0 Å². The average Bonchev–Trinajstić information content (AvgIpc) is 2.16. The molecule has 0 amide bonds. The third-order valence-corrected chi connectivity index (χ3v) is 3.17. The number of nitrogens with two attached hydrogens (primary N) is 1. The number of hydrogen-bond donors (Lipinski definition) is 1. The van der Waals surface area contributed by atoms with Crippen LogP contribution < -0.4 is 5.73 Å². The van der Waals surface area contributed by atoms with E-state index in [4.69, 9.17) is 5.73 Å². The number of rotatable bonds is 4. The van der Waals surface area contributed by atoms with Crippen LogP contribution in [-0.2, 0) is 0 Å². The summed E-state index contributed by atoms with van der Waals surface area (Å²) in [6.07, 6.45) is 1.13. The third-order valence-electron chi connectivity index (χ3n) is 1.76. The van der Waals surface area contributed by atoms with Gasteiger partial charge < -0.3 is 5.73 Å². The lowest BCUT2D eigenvalue weighted by Gasteiger charge is -2.10. The Bertz CT molecular complexity index is 206. The Kier molecular flexibility index (Phi) is 4.19. The molecule has 1 aromatic carbocycles. The second-order valence-electron chi connectivity index (χ2n) is 2.70. The van der Waals surface area contributed by atoms with Gasteiger partial charge >= 0.3 is 0 Å². The highest BCUT2D eigenvalue weighted by Gasteiger charge is 2.04. The third kappa shape index (κ3) is 2.88. The highest BCUT2D eigenvalue weighted by molar-refractivity contribution is 8.00. The summed E-state index contributed by atoms with van der Waals surface area (Å²) in [6.45, 7) is 2.93. The van der Waals surface area contributed by atoms with E-state index in [0.717, 1.165) is 13.0 Å². The maximum Gasteiger partial charge on any atom is 0.0214 e. The standard InChI is InChI=1S/C10H15NS/c1-2-9(8-11)12-10-6-4-3-5-7-10/h3-7,9H,2,8,11H2,1H3. The van der Waals surface area contributed by atoms with E-state index in [0.29, 0.717) is 5.25 Å². The molecule has 66 valence electrons. The molecule has 2 N–H and O–H groups in total. The van der Waals surface area contributed by atoms with Gasteiger partial charge in [0.1, 0.15) is 0 Å². The van der Waals surface area contributed by atoms with Gasteiger partial charge in [0.15, 0.2) is 0 Å². The van der Waals surface area contributed by atoms with Crippen LogP contribution in [0.25, 0.3) is 0 Å². The van der Waals surface area contributed by atoms with Crippen LogP contribution in [0.1, 0.15) is 13.3 Å². The molecule has 1 aromatic rings. The fourth-order valence-corrected chi connectivity index (χ4v) is 1.95. The van der Waals surface area contributed by atoms with Crippen molar-refractivity contribution in [3.05, 3.63) is 30.3 Å². The highest BCUT2D eigenvalue weighted by Crippen LogP contribution is 2.23. The molecule has 12 heavy (non-hydrogen) atoms. The molecule has 0 aliphatic carbocycles. The molecule has 1 unspecified atom stereocenters. The lowest BCUT2D eigenvalue weighted by atomic mass is 10.3. The second kappa shape index (κ2) is 5.22. The van der Waals surface area contributed by atoms with Crippen molar-refractivity contribution in [2.24, 2.45) is 5.73 Å². The molecule has 0 saturated carbocycles. The van der Waals surface area contributed by atoms with Crippen LogP contribution in [0.4, 0.5) is 0 Å². The summed E-state index contributed by atoms with van der Waals surface area (Å²) < 4.78 is 0. The molecule has 0 bridgehead atoms. The maximum absolute atomic E-state index is 5.61. The molecular weight excluding hydrogens is 166 g/mol. The summed E-state index contributed by atoms with van der Waals surface area (Å²) >= 11 is 1.86. The SMILES string of the molecule is CCC(CN)Sc1ccccc1. The van der Waals surface area contributed by atoms with Gasteiger partial charge in [-0.05, 0) is 18.6 Å². The minimum absolute atomic E-state index is 0.562. The van der Waals surface area contributed by atoms with Crippen molar-refractivity contribution >= 4 is 11.8 Å². The van der Waals surface area contributed by atoms with E-state index in [2.05, 4.69) is 31.2 Å². The van der Waals surface area contributed by atoms with Crippen LogP contribution >= 0.6 is 11.8 Å². The summed E-state index contributed by atoms with van der Waals surface area (Å²) in [7, 11) is 0. The largest absolute Gasteiger partial charge is 0.329 e. The molecule has 1 atom stereocenters. The Morgan fingerprint density at radius 3 is 2.50 bits per heavy atom. The fourth-order valence-electron chi connectivity index (χ4n) is 0.990. The quantitative estimate of drug-likeness (QED) is 0.722. The molecule has 0 aromatic heterocycles. The first-order valence-electron chi connectivity index (χ1n) is 4.28. The van der Waals surface area contributed by atoms with Crippen molar-refractivity contribution in [2.75, 3.05) is 6.54 Å². The summed E-state index contributed by atoms with van der Waals surface area (Å²) in [6, 6.07) is 10.4. The molecular formula is C10H15NS. The monoisotopic (exact) mass is 181 g/mol. The molecule has 2 heteroatoms. The lowest BCUT2D eigenvalue weighted by Crippen LogP contribution is -2.15. The van der Waals surface area contributed by atoms with Gasteiger partial charge in [0.2, 0.25) is 0 Å². The molecule has 0 fully saturated rings. The van der Waals surface area contributed by atoms with Gasteiger partial charge in [-0.3, -0.25) is 0 Å². The number of benzene rings is 1. The van der Waals surface area contributed by atoms with Gasteiger partial charge in [0, 0.05) is 16.7 Å². The highest BCUT2D eigenvalue weighted by atomic mass is 32.2. The zero-order valence-electron chi connectivity index (χ0n) is 7.36. The van der Waals surface area contributed by atoms with E-state index >= 15 is 0 Å². The molecule has 1 nitrogen and oxygen atoms in total. The van der Waals surface area contributed by atoms with Gasteiger partial charge in [-0.1, -0.05) is 25.1 Å². The van der Waals surface area contributed by atoms with Crippen LogP contribution in [0.5, 0.6) is 0 Å².